The topological polar surface area (TPSA) is 167 Å². The van der Waals surface area contributed by atoms with Gasteiger partial charge in [0.05, 0.1) is 19.5 Å². The number of hydrogen-bond acceptors (Lipinski definition) is 9. The summed E-state index contributed by atoms with van der Waals surface area (Å²) in [5.41, 5.74) is 5.43. The molecule has 0 aliphatic carbocycles. The number of aliphatic hydroxyl groups excluding tert-OH is 1. The second kappa shape index (κ2) is 8.97. The fourth-order valence-corrected chi connectivity index (χ4v) is 3.02. The summed E-state index contributed by atoms with van der Waals surface area (Å²) in [6.07, 6.45) is -1.85. The number of carbonyl (C=O) groups excluding carboxylic acids is 1. The van der Waals surface area contributed by atoms with Crippen molar-refractivity contribution in [1.82, 2.24) is 19.5 Å². The highest BCUT2D eigenvalue weighted by Gasteiger charge is 2.45. The average Bonchev–Trinajstić information content (AvgIpc) is 3.23. The first-order valence-electron chi connectivity index (χ1n) is 9.29. The first-order chi connectivity index (χ1) is 13.9. The minimum atomic E-state index is -0.985. The highest BCUT2D eigenvalue weighted by atomic mass is 16.6. The van der Waals surface area contributed by atoms with Crippen LogP contribution in [0.1, 0.15) is 20.1 Å². The smallest absolute Gasteiger partial charge is 0.280 e. The Morgan fingerprint density at radius 3 is 2.90 bits per heavy atom. The molecule has 2 aromatic heterocycles. The van der Waals surface area contributed by atoms with Gasteiger partial charge in [0.1, 0.15) is 18.3 Å². The molecule has 1 unspecified atom stereocenters. The van der Waals surface area contributed by atoms with Gasteiger partial charge in [0.2, 0.25) is 11.9 Å². The summed E-state index contributed by atoms with van der Waals surface area (Å²) in [5.74, 6) is -0.595. The molecule has 5 N–H and O–H groups in total. The second-order valence-electron chi connectivity index (χ2n) is 7.00. The number of aromatic amines is 1. The van der Waals surface area contributed by atoms with Gasteiger partial charge in [-0.05, 0) is 0 Å². The standard InChI is InChI=1S/C17H26N6O6/c1-8(2)14(25)21-17-20-13-10(15(26)22-17)19-7-23(13)16-12(28-5-4-27-3)11(24)9(6-18)29-16/h7-9,11-12,16,24H,4-6,18H2,1-3H3,(H2,20,21,22,25,26)/t9-,11?,12+,16-/m1/s1. The molecule has 4 atom stereocenters. The Hall–Kier alpha value is -2.38. The average molecular weight is 410 g/mol. The molecule has 0 radical (unpaired) electrons. The second-order valence-corrected chi connectivity index (χ2v) is 7.00. The molecule has 1 aliphatic heterocycles. The third kappa shape index (κ3) is 4.31. The number of amides is 1. The number of nitrogens with two attached hydrogens (primary N) is 1. The normalized spacial score (nSPS) is 24.5. The molecule has 0 spiro atoms. The number of H-pyrrole nitrogens is 1. The largest absolute Gasteiger partial charge is 0.387 e. The van der Waals surface area contributed by atoms with Crippen LogP contribution in [0.2, 0.25) is 0 Å². The minimum Gasteiger partial charge on any atom is -0.387 e. The van der Waals surface area contributed by atoms with Gasteiger partial charge in [0.15, 0.2) is 17.4 Å². The van der Waals surface area contributed by atoms with Crippen LogP contribution in [0.3, 0.4) is 0 Å². The third-order valence-corrected chi connectivity index (χ3v) is 4.62. The number of hydrogen-bond donors (Lipinski definition) is 4. The molecular formula is C17H26N6O6. The van der Waals surface area contributed by atoms with E-state index in [4.69, 9.17) is 19.9 Å². The minimum absolute atomic E-state index is 0.00581. The number of imidazole rings is 1. The number of aliphatic hydroxyl groups is 1. The van der Waals surface area contributed by atoms with Crippen molar-refractivity contribution in [3.63, 3.8) is 0 Å². The number of nitrogens with zero attached hydrogens (tertiary/aromatic N) is 3. The number of anilines is 1. The molecule has 1 saturated heterocycles. The van der Waals surface area contributed by atoms with Crippen molar-refractivity contribution < 1.29 is 24.1 Å². The number of ether oxygens (including phenoxy) is 3. The zero-order valence-corrected chi connectivity index (χ0v) is 16.5. The monoisotopic (exact) mass is 410 g/mol. The van der Waals surface area contributed by atoms with Crippen molar-refractivity contribution in [1.29, 1.82) is 0 Å². The number of rotatable bonds is 8. The number of aromatic nitrogens is 4. The predicted molar refractivity (Wildman–Crippen MR) is 102 cm³/mol. The van der Waals surface area contributed by atoms with E-state index in [0.717, 1.165) is 0 Å². The highest BCUT2D eigenvalue weighted by Crippen LogP contribution is 2.33. The van der Waals surface area contributed by atoms with Crippen molar-refractivity contribution in [2.45, 2.75) is 38.4 Å². The van der Waals surface area contributed by atoms with Crippen LogP contribution in [0.15, 0.2) is 11.1 Å². The molecular weight excluding hydrogens is 384 g/mol. The summed E-state index contributed by atoms with van der Waals surface area (Å²) in [7, 11) is 1.54. The Morgan fingerprint density at radius 2 is 2.24 bits per heavy atom. The summed E-state index contributed by atoms with van der Waals surface area (Å²) in [6.45, 7) is 4.08. The lowest BCUT2D eigenvalue weighted by Gasteiger charge is -2.22. The van der Waals surface area contributed by atoms with Crippen molar-refractivity contribution in [3.05, 3.63) is 16.7 Å². The summed E-state index contributed by atoms with van der Waals surface area (Å²) < 4.78 is 18.1. The Labute approximate surface area is 166 Å². The number of nitrogens with one attached hydrogen (secondary N) is 2. The van der Waals surface area contributed by atoms with E-state index in [1.807, 2.05) is 0 Å². The van der Waals surface area contributed by atoms with Gasteiger partial charge in [-0.15, -0.1) is 0 Å². The molecule has 3 heterocycles. The van der Waals surface area contributed by atoms with Crippen molar-refractivity contribution in [3.8, 4) is 0 Å². The van der Waals surface area contributed by atoms with Gasteiger partial charge in [0, 0.05) is 19.6 Å². The van der Waals surface area contributed by atoms with Crippen LogP contribution in [-0.4, -0.2) is 75.7 Å². The van der Waals surface area contributed by atoms with Gasteiger partial charge < -0.3 is 25.1 Å². The van der Waals surface area contributed by atoms with Crippen LogP contribution in [-0.2, 0) is 19.0 Å². The predicted octanol–water partition coefficient (Wildman–Crippen LogP) is -1.04. The van der Waals surface area contributed by atoms with Crippen LogP contribution in [0.25, 0.3) is 11.2 Å². The van der Waals surface area contributed by atoms with E-state index in [9.17, 15) is 14.7 Å². The number of carbonyl (C=O) groups is 1. The lowest BCUT2D eigenvalue weighted by atomic mass is 10.1. The summed E-state index contributed by atoms with van der Waals surface area (Å²) in [4.78, 5) is 35.2. The van der Waals surface area contributed by atoms with Crippen LogP contribution in [0, 0.1) is 5.92 Å². The lowest BCUT2D eigenvalue weighted by Crippen LogP contribution is -2.37. The van der Waals surface area contributed by atoms with Crippen LogP contribution in [0.5, 0.6) is 0 Å². The Kier molecular flexibility index (Phi) is 6.59. The Bertz CT molecular complexity index is 911. The summed E-state index contributed by atoms with van der Waals surface area (Å²) in [6, 6.07) is 0. The first kappa shape index (κ1) is 21.3. The molecule has 1 aliphatic rings. The quantitative estimate of drug-likeness (QED) is 0.398. The Morgan fingerprint density at radius 1 is 1.48 bits per heavy atom. The van der Waals surface area contributed by atoms with Crippen LogP contribution >= 0.6 is 0 Å². The Balaban J connectivity index is 1.97. The van der Waals surface area contributed by atoms with E-state index in [1.165, 1.54) is 18.0 Å². The van der Waals surface area contributed by atoms with E-state index < -0.39 is 30.1 Å². The number of fused-ring (bicyclic) bond motifs is 1. The molecule has 160 valence electrons. The molecule has 29 heavy (non-hydrogen) atoms. The molecule has 12 heteroatoms. The zero-order valence-electron chi connectivity index (χ0n) is 16.5. The molecule has 0 saturated carbocycles. The maximum Gasteiger partial charge on any atom is 0.280 e. The molecule has 0 aromatic carbocycles. The zero-order chi connectivity index (χ0) is 21.1. The van der Waals surface area contributed by atoms with E-state index >= 15 is 0 Å². The van der Waals surface area contributed by atoms with Gasteiger partial charge in [-0.25, -0.2) is 4.98 Å². The molecule has 12 nitrogen and oxygen atoms in total. The maximum atomic E-state index is 12.4. The molecule has 1 fully saturated rings. The first-order valence-corrected chi connectivity index (χ1v) is 9.29. The van der Waals surface area contributed by atoms with Gasteiger partial charge >= 0.3 is 0 Å². The van der Waals surface area contributed by atoms with Crippen LogP contribution < -0.4 is 16.6 Å². The summed E-state index contributed by atoms with van der Waals surface area (Å²) >= 11 is 0. The van der Waals surface area contributed by atoms with Crippen LogP contribution in [0.4, 0.5) is 5.95 Å². The fourth-order valence-electron chi connectivity index (χ4n) is 3.02. The van der Waals surface area contributed by atoms with E-state index in [2.05, 4.69) is 20.3 Å². The van der Waals surface area contributed by atoms with E-state index in [1.54, 1.807) is 13.8 Å². The molecule has 0 bridgehead atoms. The molecule has 3 rings (SSSR count). The fraction of sp³-hybridized carbons (Fsp3) is 0.647. The SMILES string of the molecule is COCCO[C@H]1C(O)[C@@H](CN)O[C@H]1n1cnc2c(=O)[nH]c(NC(=O)C(C)C)nc21. The molecule has 1 amide bonds. The lowest BCUT2D eigenvalue weighted by molar-refractivity contribution is -0.118. The van der Waals surface area contributed by atoms with Gasteiger partial charge in [0.25, 0.3) is 5.56 Å². The van der Waals surface area contributed by atoms with Crippen molar-refractivity contribution in [2.75, 3.05) is 32.2 Å². The van der Waals surface area contributed by atoms with E-state index in [-0.39, 0.29) is 42.1 Å². The van der Waals surface area contributed by atoms with Crippen molar-refractivity contribution >= 4 is 23.0 Å². The van der Waals surface area contributed by atoms with Gasteiger partial charge in [-0.3, -0.25) is 24.5 Å². The molecule has 2 aromatic rings. The number of methoxy groups -OCH3 is 1. The van der Waals surface area contributed by atoms with Gasteiger partial charge in [-0.1, -0.05) is 13.8 Å². The third-order valence-electron chi connectivity index (χ3n) is 4.62. The highest BCUT2D eigenvalue weighted by molar-refractivity contribution is 5.91. The summed E-state index contributed by atoms with van der Waals surface area (Å²) in [5, 5.41) is 13.1. The van der Waals surface area contributed by atoms with Crippen molar-refractivity contribution in [2.24, 2.45) is 11.7 Å². The van der Waals surface area contributed by atoms with Gasteiger partial charge in [-0.2, -0.15) is 4.98 Å². The maximum absolute atomic E-state index is 12.4. The van der Waals surface area contributed by atoms with E-state index in [0.29, 0.717) is 6.61 Å².